The van der Waals surface area contributed by atoms with E-state index in [0.717, 1.165) is 0 Å². The predicted octanol–water partition coefficient (Wildman–Crippen LogP) is 7.21. The summed E-state index contributed by atoms with van der Waals surface area (Å²) in [6.07, 6.45) is -0.144. The van der Waals surface area contributed by atoms with Crippen LogP contribution in [0.25, 0.3) is 11.6 Å². The van der Waals surface area contributed by atoms with Crippen molar-refractivity contribution in [1.82, 2.24) is 15.2 Å². The summed E-state index contributed by atoms with van der Waals surface area (Å²) in [5.41, 5.74) is -0.0889. The number of aromatic amines is 1. The van der Waals surface area contributed by atoms with Crippen molar-refractivity contribution in [1.29, 1.82) is 5.26 Å². The Morgan fingerprint density at radius 1 is 1.14 bits per heavy atom. The topological polar surface area (TPSA) is 140 Å². The van der Waals surface area contributed by atoms with Crippen molar-refractivity contribution in [2.24, 2.45) is 0 Å². The molecule has 0 amide bonds. The minimum Gasteiger partial charge on any atom is -0.462 e. The number of H-pyrrole nitrogens is 1. The first-order valence-electron chi connectivity index (χ1n) is 12.6. The SMILES string of the molecule is CCOC(=O)c1c(C(=O)OC(C)(C)C)[nH]c(-c2nnc(Cc3ccc(Cl)c(Oc4cc(Cl)cc(C#N)c4)c3F)o2)c1C. The molecule has 0 radical (unpaired) electrons. The van der Waals surface area contributed by atoms with E-state index in [9.17, 15) is 14.9 Å². The summed E-state index contributed by atoms with van der Waals surface area (Å²) in [7, 11) is 0. The number of aromatic nitrogens is 3. The quantitative estimate of drug-likeness (QED) is 0.204. The molecule has 2 heterocycles. The fourth-order valence-corrected chi connectivity index (χ4v) is 4.35. The molecule has 0 aliphatic rings. The van der Waals surface area contributed by atoms with Crippen molar-refractivity contribution >= 4 is 35.1 Å². The highest BCUT2D eigenvalue weighted by atomic mass is 35.5. The lowest BCUT2D eigenvalue weighted by atomic mass is 10.1. The molecule has 0 aliphatic carbocycles. The Balaban J connectivity index is 1.65. The van der Waals surface area contributed by atoms with E-state index in [1.807, 2.05) is 6.07 Å². The van der Waals surface area contributed by atoms with Crippen LogP contribution in [-0.2, 0) is 15.9 Å². The van der Waals surface area contributed by atoms with Gasteiger partial charge in [-0.2, -0.15) is 5.26 Å². The Bertz CT molecular complexity index is 1720. The number of nitrogens with zero attached hydrogens (tertiary/aromatic N) is 3. The van der Waals surface area contributed by atoms with Gasteiger partial charge < -0.3 is 23.6 Å². The molecule has 218 valence electrons. The van der Waals surface area contributed by atoms with Crippen LogP contribution < -0.4 is 4.74 Å². The third-order valence-corrected chi connectivity index (χ3v) is 6.22. The average molecular weight is 615 g/mol. The molecule has 2 aromatic heterocycles. The molecular formula is C29H25Cl2FN4O6. The van der Waals surface area contributed by atoms with E-state index < -0.39 is 23.4 Å². The summed E-state index contributed by atoms with van der Waals surface area (Å²) in [6.45, 7) is 8.41. The summed E-state index contributed by atoms with van der Waals surface area (Å²) < 4.78 is 37.5. The maximum absolute atomic E-state index is 15.5. The zero-order chi connectivity index (χ0) is 30.8. The molecule has 0 spiro atoms. The van der Waals surface area contributed by atoms with E-state index in [1.54, 1.807) is 34.6 Å². The molecule has 0 saturated carbocycles. The number of nitriles is 1. The van der Waals surface area contributed by atoms with E-state index in [2.05, 4.69) is 15.2 Å². The number of benzene rings is 2. The number of carbonyl (C=O) groups is 2. The highest BCUT2D eigenvalue weighted by Crippen LogP contribution is 2.36. The molecule has 0 atom stereocenters. The van der Waals surface area contributed by atoms with Crippen LogP contribution in [0.4, 0.5) is 4.39 Å². The van der Waals surface area contributed by atoms with Crippen LogP contribution in [0.2, 0.25) is 10.0 Å². The lowest BCUT2D eigenvalue weighted by Crippen LogP contribution is -2.25. The van der Waals surface area contributed by atoms with E-state index in [0.29, 0.717) is 5.56 Å². The minimum absolute atomic E-state index is 0.0101. The number of nitrogens with one attached hydrogen (secondary N) is 1. The fraction of sp³-hybridized carbons (Fsp3) is 0.276. The number of rotatable bonds is 8. The minimum atomic E-state index is -0.824. The molecule has 42 heavy (non-hydrogen) atoms. The van der Waals surface area contributed by atoms with Gasteiger partial charge >= 0.3 is 11.9 Å². The Hall–Kier alpha value is -4.40. The smallest absolute Gasteiger partial charge is 0.356 e. The maximum atomic E-state index is 15.5. The molecule has 0 unspecified atom stereocenters. The molecule has 13 heteroatoms. The van der Waals surface area contributed by atoms with Gasteiger partial charge in [0.1, 0.15) is 22.7 Å². The zero-order valence-electron chi connectivity index (χ0n) is 23.2. The average Bonchev–Trinajstić information content (AvgIpc) is 3.51. The van der Waals surface area contributed by atoms with Gasteiger partial charge in [-0.3, -0.25) is 0 Å². The molecule has 0 bridgehead atoms. The van der Waals surface area contributed by atoms with Crippen LogP contribution in [0.5, 0.6) is 11.5 Å². The summed E-state index contributed by atoms with van der Waals surface area (Å²) >= 11 is 12.2. The first-order chi connectivity index (χ1) is 19.8. The number of hydrogen-bond donors (Lipinski definition) is 1. The largest absolute Gasteiger partial charge is 0.462 e. The third-order valence-electron chi connectivity index (χ3n) is 5.70. The summed E-state index contributed by atoms with van der Waals surface area (Å²) in [5, 5.41) is 17.4. The molecule has 4 rings (SSSR count). The van der Waals surface area contributed by atoms with Crippen molar-refractivity contribution in [2.75, 3.05) is 6.61 Å². The highest BCUT2D eigenvalue weighted by Gasteiger charge is 2.31. The molecule has 0 fully saturated rings. The number of halogens is 3. The number of carbonyl (C=O) groups excluding carboxylic acids is 2. The number of hydrogen-bond acceptors (Lipinski definition) is 9. The lowest BCUT2D eigenvalue weighted by molar-refractivity contribution is 0.00584. The second-order valence-electron chi connectivity index (χ2n) is 10.0. The first-order valence-corrected chi connectivity index (χ1v) is 13.4. The molecule has 1 N–H and O–H groups in total. The van der Waals surface area contributed by atoms with E-state index >= 15 is 4.39 Å². The Kier molecular flexibility index (Phi) is 8.89. The summed E-state index contributed by atoms with van der Waals surface area (Å²) in [4.78, 5) is 28.5. The van der Waals surface area contributed by atoms with Gasteiger partial charge in [0.2, 0.25) is 5.89 Å². The van der Waals surface area contributed by atoms with Crippen molar-refractivity contribution in [3.63, 3.8) is 0 Å². The summed E-state index contributed by atoms with van der Waals surface area (Å²) in [5.74, 6) is -2.45. The normalized spacial score (nSPS) is 11.2. The van der Waals surface area contributed by atoms with Crippen LogP contribution in [0, 0.1) is 24.1 Å². The standard InChI is InChI=1S/C29H25Cl2FN4O6/c1-6-39-27(37)21-14(2)23(34-24(21)28(38)42-29(3,4)5)26-36-35-20(41-26)11-16-7-8-19(31)25(22(16)32)40-18-10-15(13-33)9-17(30)12-18/h7-10,12,34H,6,11H2,1-5H3. The maximum Gasteiger partial charge on any atom is 0.356 e. The third kappa shape index (κ3) is 6.73. The van der Waals surface area contributed by atoms with Gasteiger partial charge in [0.25, 0.3) is 5.89 Å². The van der Waals surface area contributed by atoms with Crippen molar-refractivity contribution in [3.05, 3.63) is 80.0 Å². The van der Waals surface area contributed by atoms with Gasteiger partial charge in [0.05, 0.1) is 35.2 Å². The molecular weight excluding hydrogens is 590 g/mol. The van der Waals surface area contributed by atoms with Gasteiger partial charge in [-0.1, -0.05) is 29.3 Å². The first kappa shape index (κ1) is 30.6. The second-order valence-corrected chi connectivity index (χ2v) is 10.9. The molecule has 10 nitrogen and oxygen atoms in total. The second kappa shape index (κ2) is 12.2. The number of esters is 2. The Labute approximate surface area is 250 Å². The number of ether oxygens (including phenoxy) is 3. The van der Waals surface area contributed by atoms with Crippen LogP contribution >= 0.6 is 23.2 Å². The molecule has 2 aromatic carbocycles. The molecule has 4 aromatic rings. The van der Waals surface area contributed by atoms with Gasteiger partial charge in [0.15, 0.2) is 11.6 Å². The van der Waals surface area contributed by atoms with E-state index in [4.69, 9.17) is 41.8 Å². The van der Waals surface area contributed by atoms with Crippen molar-refractivity contribution in [3.8, 4) is 29.2 Å². The van der Waals surface area contributed by atoms with Gasteiger partial charge in [0, 0.05) is 10.6 Å². The van der Waals surface area contributed by atoms with Gasteiger partial charge in [-0.15, -0.1) is 10.2 Å². The van der Waals surface area contributed by atoms with Crippen LogP contribution in [0.15, 0.2) is 34.7 Å². The Morgan fingerprint density at radius 2 is 1.88 bits per heavy atom. The zero-order valence-corrected chi connectivity index (χ0v) is 24.7. The Morgan fingerprint density at radius 3 is 2.55 bits per heavy atom. The highest BCUT2D eigenvalue weighted by molar-refractivity contribution is 6.32. The van der Waals surface area contributed by atoms with E-state index in [1.165, 1.54) is 30.3 Å². The van der Waals surface area contributed by atoms with Gasteiger partial charge in [-0.05, 0) is 64.4 Å². The van der Waals surface area contributed by atoms with Crippen LogP contribution in [0.3, 0.4) is 0 Å². The monoisotopic (exact) mass is 614 g/mol. The molecule has 0 saturated heterocycles. The van der Waals surface area contributed by atoms with Crippen LogP contribution in [-0.4, -0.2) is 39.3 Å². The van der Waals surface area contributed by atoms with Crippen LogP contribution in [0.1, 0.15) is 71.1 Å². The van der Waals surface area contributed by atoms with Crippen molar-refractivity contribution in [2.45, 2.75) is 46.6 Å². The lowest BCUT2D eigenvalue weighted by Gasteiger charge is -2.19. The van der Waals surface area contributed by atoms with E-state index in [-0.39, 0.29) is 74.4 Å². The van der Waals surface area contributed by atoms with Gasteiger partial charge in [-0.25, -0.2) is 14.0 Å². The predicted molar refractivity (Wildman–Crippen MR) is 150 cm³/mol. The fourth-order valence-electron chi connectivity index (χ4n) is 3.94. The summed E-state index contributed by atoms with van der Waals surface area (Å²) in [6, 6.07) is 9.08. The van der Waals surface area contributed by atoms with Crippen molar-refractivity contribution < 1.29 is 32.6 Å². The molecule has 0 aliphatic heterocycles.